The number of halogens is 2. The summed E-state index contributed by atoms with van der Waals surface area (Å²) in [6.07, 6.45) is 2.98. The second kappa shape index (κ2) is 8.61. The molecule has 2 heterocycles. The van der Waals surface area contributed by atoms with Crippen LogP contribution in [0.2, 0.25) is 21.1 Å². The Balaban J connectivity index is 0.00000264. The number of nitrogens with zero attached hydrogens (tertiary/aromatic N) is 2. The van der Waals surface area contributed by atoms with E-state index in [0.29, 0.717) is 26.8 Å². The van der Waals surface area contributed by atoms with E-state index in [0.717, 1.165) is 10.9 Å². The van der Waals surface area contributed by atoms with Crippen LogP contribution in [0.25, 0.3) is 11.4 Å². The van der Waals surface area contributed by atoms with Gasteiger partial charge in [-0.1, -0.05) is 50.9 Å². The molecule has 3 nitrogen and oxygen atoms in total. The first kappa shape index (κ1) is 20.6. The molecular formula is C16H19Cl2N2OPtSi. The molecule has 0 saturated heterocycles. The summed E-state index contributed by atoms with van der Waals surface area (Å²) in [6.45, 7) is 8.83. The zero-order valence-electron chi connectivity index (χ0n) is 13.4. The monoisotopic (exact) mass is 548 g/mol. The number of aromatic nitrogens is 2. The number of hydrogen-bond acceptors (Lipinski definition) is 3. The van der Waals surface area contributed by atoms with Crippen molar-refractivity contribution in [3.05, 3.63) is 34.6 Å². The van der Waals surface area contributed by atoms with E-state index < -0.39 is 8.80 Å². The smallest absolute Gasteiger partial charge is 0.133 e. The van der Waals surface area contributed by atoms with E-state index >= 15 is 0 Å². The van der Waals surface area contributed by atoms with E-state index in [1.807, 2.05) is 0 Å². The molecule has 0 spiro atoms. The summed E-state index contributed by atoms with van der Waals surface area (Å²) in [5.74, 6) is 0.128. The van der Waals surface area contributed by atoms with Gasteiger partial charge in [0.2, 0.25) is 0 Å². The van der Waals surface area contributed by atoms with Crippen LogP contribution in [-0.2, 0) is 21.1 Å². The van der Waals surface area contributed by atoms with Gasteiger partial charge in [-0.15, -0.1) is 0 Å². The maximum absolute atomic E-state index is 9.43. The quantitative estimate of drug-likeness (QED) is 0.564. The summed E-state index contributed by atoms with van der Waals surface area (Å²) >= 11 is 12.8. The Morgan fingerprint density at radius 1 is 1.00 bits per heavy atom. The van der Waals surface area contributed by atoms with E-state index in [4.69, 9.17) is 23.2 Å². The van der Waals surface area contributed by atoms with Gasteiger partial charge in [0, 0.05) is 27.3 Å². The molecule has 2 rings (SSSR count). The number of hydrogen-bond donors (Lipinski definition) is 1. The standard InChI is InChI=1S/C16H19Cl2N2OSi.Pt/c1-9(2)22(10(3)4)16-14(18)12(17)8-20-15(16)13-6-5-11(21)7-19-13;/h5-10,21H,1-4H3;. The first-order chi connectivity index (χ1) is 10.3. The summed E-state index contributed by atoms with van der Waals surface area (Å²) < 4.78 is 0. The minimum atomic E-state index is -0.977. The molecule has 1 radical (unpaired) electrons. The van der Waals surface area contributed by atoms with Crippen molar-refractivity contribution in [2.24, 2.45) is 0 Å². The molecule has 0 atom stereocenters. The zero-order chi connectivity index (χ0) is 16.4. The normalized spacial score (nSPS) is 11.2. The molecule has 0 bridgehead atoms. The summed E-state index contributed by atoms with van der Waals surface area (Å²) in [4.78, 5) is 8.77. The van der Waals surface area contributed by atoms with Crippen LogP contribution in [0.15, 0.2) is 24.5 Å². The van der Waals surface area contributed by atoms with Crippen LogP contribution in [0, 0.1) is 0 Å². The van der Waals surface area contributed by atoms with Crippen LogP contribution in [0.3, 0.4) is 0 Å². The summed E-state index contributed by atoms with van der Waals surface area (Å²) in [7, 11) is -0.977. The molecule has 2 aromatic rings. The molecule has 0 aliphatic carbocycles. The number of rotatable bonds is 4. The average Bonchev–Trinajstić information content (AvgIpc) is 2.44. The minimum absolute atomic E-state index is 0. The Hall–Kier alpha value is -0.415. The molecule has 0 unspecified atom stereocenters. The molecule has 1 N–H and O–H groups in total. The Bertz CT molecular complexity index is 658. The van der Waals surface area contributed by atoms with Crippen molar-refractivity contribution >= 4 is 37.2 Å². The van der Waals surface area contributed by atoms with E-state index in [1.165, 1.54) is 6.20 Å². The van der Waals surface area contributed by atoms with E-state index in [9.17, 15) is 5.11 Å². The van der Waals surface area contributed by atoms with Gasteiger partial charge in [-0.3, -0.25) is 9.97 Å². The van der Waals surface area contributed by atoms with Crippen molar-refractivity contribution in [2.75, 3.05) is 0 Å². The predicted molar refractivity (Wildman–Crippen MR) is 94.7 cm³/mol. The van der Waals surface area contributed by atoms with Crippen molar-refractivity contribution in [1.82, 2.24) is 9.97 Å². The van der Waals surface area contributed by atoms with Gasteiger partial charge in [0.1, 0.15) is 5.75 Å². The molecule has 0 aromatic carbocycles. The molecule has 0 amide bonds. The molecule has 7 heteroatoms. The van der Waals surface area contributed by atoms with E-state index in [1.54, 1.807) is 18.3 Å². The molecular weight excluding hydrogens is 530 g/mol. The molecule has 0 fully saturated rings. The fourth-order valence-corrected chi connectivity index (χ4v) is 6.72. The van der Waals surface area contributed by atoms with Gasteiger partial charge in [-0.25, -0.2) is 0 Å². The van der Waals surface area contributed by atoms with Crippen molar-refractivity contribution in [3.63, 3.8) is 0 Å². The molecule has 127 valence electrons. The van der Waals surface area contributed by atoms with Gasteiger partial charge in [-0.05, 0) is 28.4 Å². The summed E-state index contributed by atoms with van der Waals surface area (Å²) in [6, 6.07) is 3.36. The topological polar surface area (TPSA) is 46.0 Å². The van der Waals surface area contributed by atoms with Crippen LogP contribution in [0.1, 0.15) is 27.7 Å². The van der Waals surface area contributed by atoms with Gasteiger partial charge < -0.3 is 5.11 Å². The molecule has 0 aliphatic rings. The maximum atomic E-state index is 9.43. The van der Waals surface area contributed by atoms with Crippen molar-refractivity contribution < 1.29 is 26.2 Å². The maximum Gasteiger partial charge on any atom is 0.133 e. The van der Waals surface area contributed by atoms with Crippen molar-refractivity contribution in [1.29, 1.82) is 0 Å². The second-order valence-electron chi connectivity index (χ2n) is 5.81. The predicted octanol–water partition coefficient (Wildman–Crippen LogP) is 4.68. The third kappa shape index (κ3) is 4.57. The van der Waals surface area contributed by atoms with Crippen LogP contribution < -0.4 is 5.19 Å². The van der Waals surface area contributed by atoms with Gasteiger partial charge in [0.25, 0.3) is 0 Å². The average molecular weight is 549 g/mol. The van der Waals surface area contributed by atoms with Crippen LogP contribution in [-0.4, -0.2) is 23.9 Å². The van der Waals surface area contributed by atoms with Crippen LogP contribution in [0.5, 0.6) is 5.75 Å². The number of aromatic hydroxyl groups is 1. The van der Waals surface area contributed by atoms with Gasteiger partial charge in [-0.2, -0.15) is 0 Å². The van der Waals surface area contributed by atoms with Gasteiger partial charge >= 0.3 is 0 Å². The Morgan fingerprint density at radius 3 is 2.09 bits per heavy atom. The van der Waals surface area contributed by atoms with Crippen LogP contribution >= 0.6 is 23.2 Å². The van der Waals surface area contributed by atoms with Crippen molar-refractivity contribution in [3.8, 4) is 17.1 Å². The molecule has 0 aliphatic heterocycles. The third-order valence-electron chi connectivity index (χ3n) is 3.50. The van der Waals surface area contributed by atoms with Gasteiger partial charge in [0.05, 0.1) is 36.4 Å². The first-order valence-corrected chi connectivity index (χ1v) is 9.60. The Labute approximate surface area is 163 Å². The van der Waals surface area contributed by atoms with Crippen molar-refractivity contribution in [2.45, 2.75) is 38.8 Å². The first-order valence-electron chi connectivity index (χ1n) is 7.19. The minimum Gasteiger partial charge on any atom is -0.506 e. The fourth-order valence-electron chi connectivity index (χ4n) is 2.69. The van der Waals surface area contributed by atoms with Gasteiger partial charge in [0.15, 0.2) is 0 Å². The Morgan fingerprint density at radius 2 is 1.61 bits per heavy atom. The van der Waals surface area contributed by atoms with Crippen LogP contribution in [0.4, 0.5) is 0 Å². The zero-order valence-corrected chi connectivity index (χ0v) is 18.2. The van der Waals surface area contributed by atoms with E-state index in [-0.39, 0.29) is 26.8 Å². The third-order valence-corrected chi connectivity index (χ3v) is 7.98. The molecule has 2 aromatic heterocycles. The van der Waals surface area contributed by atoms with E-state index in [2.05, 4.69) is 37.7 Å². The second-order valence-corrected chi connectivity index (χ2v) is 10.3. The fraction of sp³-hybridized carbons (Fsp3) is 0.375. The molecule has 0 saturated carbocycles. The summed E-state index contributed by atoms with van der Waals surface area (Å²) in [5.41, 5.74) is 2.44. The largest absolute Gasteiger partial charge is 0.506 e. The SMILES string of the molecule is CC(C)[Si](c1c(-c2ccc(O)cn2)ncc(Cl)c1Cl)C(C)C.[Pt]. The number of pyridine rings is 2. The Kier molecular flexibility index (Phi) is 7.73. The summed E-state index contributed by atoms with van der Waals surface area (Å²) in [5, 5.41) is 11.5. The molecule has 23 heavy (non-hydrogen) atoms.